The van der Waals surface area contributed by atoms with Gasteiger partial charge in [-0.05, 0) is 37.6 Å². The van der Waals surface area contributed by atoms with Crippen LogP contribution in [0.25, 0.3) is 11.1 Å². The minimum Gasteiger partial charge on any atom is -0.386 e. The number of rotatable bonds is 5. The zero-order valence-corrected chi connectivity index (χ0v) is 14.2. The summed E-state index contributed by atoms with van der Waals surface area (Å²) in [5.74, 6) is -0.291. The molecule has 0 radical (unpaired) electrons. The molecule has 0 saturated heterocycles. The van der Waals surface area contributed by atoms with E-state index in [1.165, 1.54) is 7.11 Å². The van der Waals surface area contributed by atoms with Gasteiger partial charge in [0, 0.05) is 18.5 Å². The van der Waals surface area contributed by atoms with Crippen LogP contribution in [0.15, 0.2) is 34.9 Å². The number of pyridine rings is 1. The lowest BCUT2D eigenvalue weighted by molar-refractivity contribution is 0.0644. The average molecular weight is 341 g/mol. The molecule has 0 saturated carbocycles. The summed E-state index contributed by atoms with van der Waals surface area (Å²) in [6.45, 7) is 3.73. The van der Waals surface area contributed by atoms with Crippen molar-refractivity contribution in [3.63, 3.8) is 0 Å². The van der Waals surface area contributed by atoms with E-state index in [1.807, 2.05) is 0 Å². The number of aliphatic hydroxyl groups excluding tert-OH is 1. The van der Waals surface area contributed by atoms with Gasteiger partial charge in [-0.1, -0.05) is 17.3 Å². The van der Waals surface area contributed by atoms with Gasteiger partial charge in [-0.15, -0.1) is 0 Å². The van der Waals surface area contributed by atoms with Gasteiger partial charge in [0.05, 0.1) is 23.3 Å². The van der Waals surface area contributed by atoms with Gasteiger partial charge in [0.25, 0.3) is 11.6 Å². The van der Waals surface area contributed by atoms with Crippen molar-refractivity contribution < 1.29 is 19.2 Å². The van der Waals surface area contributed by atoms with Crippen molar-refractivity contribution in [1.29, 1.82) is 0 Å². The monoisotopic (exact) mass is 341 g/mol. The van der Waals surface area contributed by atoms with Gasteiger partial charge >= 0.3 is 0 Å². The molecule has 7 heteroatoms. The maximum absolute atomic E-state index is 12.7. The van der Waals surface area contributed by atoms with Gasteiger partial charge in [-0.3, -0.25) is 4.79 Å². The predicted molar refractivity (Wildman–Crippen MR) is 92.5 cm³/mol. The summed E-state index contributed by atoms with van der Waals surface area (Å²) in [4.78, 5) is 17.0. The molecule has 25 heavy (non-hydrogen) atoms. The summed E-state index contributed by atoms with van der Waals surface area (Å²) in [5, 5.41) is 17.3. The van der Waals surface area contributed by atoms with Crippen LogP contribution >= 0.6 is 0 Å². The highest BCUT2D eigenvalue weighted by molar-refractivity contribution is 6.12. The lowest BCUT2D eigenvalue weighted by Crippen LogP contribution is -2.14. The summed E-state index contributed by atoms with van der Waals surface area (Å²) in [5.41, 5.74) is 3.30. The lowest BCUT2D eigenvalue weighted by atomic mass is 10.1. The van der Waals surface area contributed by atoms with Crippen molar-refractivity contribution in [3.05, 3.63) is 52.8 Å². The van der Waals surface area contributed by atoms with Crippen molar-refractivity contribution >= 4 is 22.7 Å². The minimum absolute atomic E-state index is 0.182. The number of aryl methyl sites for hydroxylation is 2. The molecular weight excluding hydrogens is 322 g/mol. The molecule has 0 fully saturated rings. The molecular formula is C18H19N3O4. The quantitative estimate of drug-likeness (QED) is 0.740. The molecule has 1 unspecified atom stereocenters. The number of nitrogens with one attached hydrogen (secondary N) is 1. The average Bonchev–Trinajstić information content (AvgIpc) is 2.95. The third kappa shape index (κ3) is 3.52. The smallest absolute Gasteiger partial charge is 0.258 e. The number of carbonyl (C=O) groups is 1. The molecule has 0 spiro atoms. The van der Waals surface area contributed by atoms with Crippen LogP contribution in [0.4, 0.5) is 5.69 Å². The number of benzene rings is 1. The van der Waals surface area contributed by atoms with Crippen molar-refractivity contribution in [1.82, 2.24) is 10.1 Å². The zero-order chi connectivity index (χ0) is 18.0. The first-order valence-corrected chi connectivity index (χ1v) is 7.81. The van der Waals surface area contributed by atoms with Crippen LogP contribution in [0.1, 0.15) is 33.4 Å². The second kappa shape index (κ2) is 7.00. The Morgan fingerprint density at radius 3 is 2.92 bits per heavy atom. The number of aromatic nitrogens is 2. The van der Waals surface area contributed by atoms with Crippen molar-refractivity contribution in [3.8, 4) is 0 Å². The van der Waals surface area contributed by atoms with E-state index in [0.29, 0.717) is 39.3 Å². The third-order valence-corrected chi connectivity index (χ3v) is 3.84. The van der Waals surface area contributed by atoms with Crippen LogP contribution in [-0.2, 0) is 4.74 Å². The number of ether oxygens (including phenoxy) is 1. The Morgan fingerprint density at radius 2 is 2.16 bits per heavy atom. The maximum Gasteiger partial charge on any atom is 0.258 e. The Morgan fingerprint density at radius 1 is 1.36 bits per heavy atom. The summed E-state index contributed by atoms with van der Waals surface area (Å²) >= 11 is 0. The number of carbonyl (C=O) groups excluding carboxylic acids is 1. The number of amides is 1. The first-order chi connectivity index (χ1) is 12.0. The number of aliphatic hydroxyl groups is 1. The molecule has 0 bridgehead atoms. The molecule has 130 valence electrons. The second-order valence-corrected chi connectivity index (χ2v) is 5.81. The van der Waals surface area contributed by atoms with Gasteiger partial charge < -0.3 is 19.7 Å². The van der Waals surface area contributed by atoms with Gasteiger partial charge in [0.1, 0.15) is 6.10 Å². The van der Waals surface area contributed by atoms with Crippen molar-refractivity contribution in [2.24, 2.45) is 0 Å². The SMILES string of the molecule is COCC(O)c1cccc(NC(=O)c2cc(C)nc3onc(C)c23)c1. The highest BCUT2D eigenvalue weighted by atomic mass is 16.5. The molecule has 0 aliphatic carbocycles. The van der Waals surface area contributed by atoms with Gasteiger partial charge in [-0.2, -0.15) is 0 Å². The molecule has 2 N–H and O–H groups in total. The molecule has 2 heterocycles. The minimum atomic E-state index is -0.753. The van der Waals surface area contributed by atoms with Gasteiger partial charge in [0.2, 0.25) is 0 Å². The predicted octanol–water partition coefficient (Wildman–Crippen LogP) is 2.77. The standard InChI is InChI=1S/C18H19N3O4/c1-10-7-14(16-11(2)21-25-18(16)19-10)17(23)20-13-6-4-5-12(8-13)15(22)9-24-3/h4-8,15,22H,9H2,1-3H3,(H,20,23). The van der Waals surface area contributed by atoms with E-state index in [1.54, 1.807) is 44.2 Å². The normalized spacial score (nSPS) is 12.3. The Kier molecular flexibility index (Phi) is 4.78. The molecule has 7 nitrogen and oxygen atoms in total. The van der Waals surface area contributed by atoms with E-state index in [4.69, 9.17) is 9.26 Å². The molecule has 1 amide bonds. The molecule has 0 aliphatic heterocycles. The third-order valence-electron chi connectivity index (χ3n) is 3.84. The van der Waals surface area contributed by atoms with Crippen LogP contribution in [-0.4, -0.2) is 34.9 Å². The summed E-state index contributed by atoms with van der Waals surface area (Å²) in [6.07, 6.45) is -0.753. The first-order valence-electron chi connectivity index (χ1n) is 7.81. The maximum atomic E-state index is 12.7. The van der Waals surface area contributed by atoms with Crippen LogP contribution in [0.2, 0.25) is 0 Å². The van der Waals surface area contributed by atoms with Crippen LogP contribution < -0.4 is 5.32 Å². The van der Waals surface area contributed by atoms with E-state index in [2.05, 4.69) is 15.5 Å². The first kappa shape index (κ1) is 17.1. The topological polar surface area (TPSA) is 97.5 Å². The van der Waals surface area contributed by atoms with Crippen LogP contribution in [0.5, 0.6) is 0 Å². The highest BCUT2D eigenvalue weighted by Crippen LogP contribution is 2.24. The zero-order valence-electron chi connectivity index (χ0n) is 14.2. The Labute approximate surface area is 144 Å². The Hall–Kier alpha value is -2.77. The number of hydrogen-bond acceptors (Lipinski definition) is 6. The number of methoxy groups -OCH3 is 1. The van der Waals surface area contributed by atoms with E-state index >= 15 is 0 Å². The number of hydrogen-bond donors (Lipinski definition) is 2. The Balaban J connectivity index is 1.91. The highest BCUT2D eigenvalue weighted by Gasteiger charge is 2.18. The molecule has 1 aromatic carbocycles. The number of anilines is 1. The van der Waals surface area contributed by atoms with E-state index in [-0.39, 0.29) is 12.5 Å². The fourth-order valence-corrected chi connectivity index (χ4v) is 2.67. The fraction of sp³-hybridized carbons (Fsp3) is 0.278. The summed E-state index contributed by atoms with van der Waals surface area (Å²) in [7, 11) is 1.52. The molecule has 1 atom stereocenters. The van der Waals surface area contributed by atoms with E-state index in [9.17, 15) is 9.90 Å². The number of nitrogens with zero attached hydrogens (tertiary/aromatic N) is 2. The van der Waals surface area contributed by atoms with Crippen LogP contribution in [0, 0.1) is 13.8 Å². The molecule has 2 aromatic heterocycles. The number of fused-ring (bicyclic) bond motifs is 1. The van der Waals surface area contributed by atoms with Crippen LogP contribution in [0.3, 0.4) is 0 Å². The molecule has 3 rings (SSSR count). The van der Waals surface area contributed by atoms with Gasteiger partial charge in [-0.25, -0.2) is 4.98 Å². The largest absolute Gasteiger partial charge is 0.386 e. The molecule has 3 aromatic rings. The van der Waals surface area contributed by atoms with Crippen molar-refractivity contribution in [2.75, 3.05) is 19.0 Å². The van der Waals surface area contributed by atoms with E-state index < -0.39 is 6.10 Å². The van der Waals surface area contributed by atoms with Gasteiger partial charge in [0.15, 0.2) is 0 Å². The summed E-state index contributed by atoms with van der Waals surface area (Å²) < 4.78 is 10.1. The molecule has 0 aliphatic rings. The lowest BCUT2D eigenvalue weighted by Gasteiger charge is -2.12. The summed E-state index contributed by atoms with van der Waals surface area (Å²) in [6, 6.07) is 8.71. The fourth-order valence-electron chi connectivity index (χ4n) is 2.67. The Bertz CT molecular complexity index is 920. The second-order valence-electron chi connectivity index (χ2n) is 5.81. The van der Waals surface area contributed by atoms with E-state index in [0.717, 1.165) is 0 Å². The van der Waals surface area contributed by atoms with Crippen molar-refractivity contribution in [2.45, 2.75) is 20.0 Å².